The van der Waals surface area contributed by atoms with Crippen molar-refractivity contribution in [1.82, 2.24) is 9.80 Å². The largest absolute Gasteiger partial charge is 0.395 e. The Kier molecular flexibility index (Phi) is 5.95. The van der Waals surface area contributed by atoms with Crippen molar-refractivity contribution >= 4 is 17.4 Å². The van der Waals surface area contributed by atoms with Crippen LogP contribution in [-0.4, -0.2) is 53.5 Å². The lowest BCUT2D eigenvalue weighted by atomic mass is 9.97. The van der Waals surface area contributed by atoms with E-state index in [9.17, 15) is 14.7 Å². The average molecular weight is 378 g/mol. The fraction of sp³-hybridized carbons (Fsp3) is 0.304. The van der Waals surface area contributed by atoms with Crippen molar-refractivity contribution < 1.29 is 14.7 Å². The van der Waals surface area contributed by atoms with E-state index in [1.807, 2.05) is 62.4 Å². The first-order chi connectivity index (χ1) is 13.4. The van der Waals surface area contributed by atoms with Gasteiger partial charge >= 0.3 is 0 Å². The zero-order valence-corrected chi connectivity index (χ0v) is 16.6. The molecule has 5 nitrogen and oxygen atoms in total. The van der Waals surface area contributed by atoms with Crippen LogP contribution in [0.3, 0.4) is 0 Å². The third-order valence-electron chi connectivity index (χ3n) is 5.08. The Morgan fingerprint density at radius 1 is 1.00 bits per heavy atom. The molecule has 0 atom stereocenters. The molecule has 0 aromatic heterocycles. The van der Waals surface area contributed by atoms with E-state index in [2.05, 4.69) is 0 Å². The highest BCUT2D eigenvalue weighted by Gasteiger charge is 2.40. The molecule has 0 aliphatic carbocycles. The molecule has 1 aliphatic rings. The summed E-state index contributed by atoms with van der Waals surface area (Å²) in [4.78, 5) is 29.4. The van der Waals surface area contributed by atoms with Gasteiger partial charge in [0, 0.05) is 20.1 Å². The van der Waals surface area contributed by atoms with Gasteiger partial charge in [-0.15, -0.1) is 0 Å². The van der Waals surface area contributed by atoms with Crippen LogP contribution >= 0.6 is 0 Å². The molecule has 1 heterocycles. The number of rotatable bonds is 7. The number of amides is 2. The van der Waals surface area contributed by atoms with Gasteiger partial charge in [-0.1, -0.05) is 54.1 Å². The van der Waals surface area contributed by atoms with Gasteiger partial charge in [-0.3, -0.25) is 14.5 Å². The molecule has 0 saturated carbocycles. The summed E-state index contributed by atoms with van der Waals surface area (Å²) in [6, 6.07) is 15.7. The number of imide groups is 1. The molecule has 0 radical (unpaired) electrons. The molecule has 1 N–H and O–H groups in total. The molecular formula is C23H26N2O3. The summed E-state index contributed by atoms with van der Waals surface area (Å²) < 4.78 is 0. The standard InChI is InChI=1S/C23H26N2O3/c1-16-9-10-19(17(2)15-16)20-21(24(3)13-14-26)23(28)25(22(20)27)12-11-18-7-5-4-6-8-18/h4-10,15,26H,11-14H2,1-3H3. The normalized spacial score (nSPS) is 14.2. The van der Waals surface area contributed by atoms with Gasteiger partial charge in [0.2, 0.25) is 0 Å². The first-order valence-electron chi connectivity index (χ1n) is 9.48. The maximum absolute atomic E-state index is 13.3. The molecule has 2 aromatic carbocycles. The number of nitrogens with zero attached hydrogens (tertiary/aromatic N) is 2. The quantitative estimate of drug-likeness (QED) is 0.753. The molecule has 0 unspecified atom stereocenters. The fourth-order valence-electron chi connectivity index (χ4n) is 3.60. The molecule has 3 rings (SSSR count). The average Bonchev–Trinajstić information content (AvgIpc) is 2.91. The fourth-order valence-corrected chi connectivity index (χ4v) is 3.60. The van der Waals surface area contributed by atoms with E-state index >= 15 is 0 Å². The maximum Gasteiger partial charge on any atom is 0.277 e. The van der Waals surface area contributed by atoms with E-state index in [1.54, 1.807) is 11.9 Å². The van der Waals surface area contributed by atoms with Crippen molar-refractivity contribution in [3.05, 3.63) is 76.5 Å². The van der Waals surface area contributed by atoms with Gasteiger partial charge < -0.3 is 10.0 Å². The van der Waals surface area contributed by atoms with Crippen LogP contribution in [0.2, 0.25) is 0 Å². The summed E-state index contributed by atoms with van der Waals surface area (Å²) in [7, 11) is 1.74. The summed E-state index contributed by atoms with van der Waals surface area (Å²) >= 11 is 0. The molecule has 146 valence electrons. The number of benzene rings is 2. The summed E-state index contributed by atoms with van der Waals surface area (Å²) in [6.45, 7) is 4.47. The minimum atomic E-state index is -0.299. The van der Waals surface area contributed by atoms with Gasteiger partial charge in [0.05, 0.1) is 12.2 Å². The molecule has 0 bridgehead atoms. The molecule has 5 heteroatoms. The Morgan fingerprint density at radius 2 is 1.71 bits per heavy atom. The second-order valence-corrected chi connectivity index (χ2v) is 7.18. The van der Waals surface area contributed by atoms with Crippen LogP contribution in [0.5, 0.6) is 0 Å². The minimum Gasteiger partial charge on any atom is -0.395 e. The van der Waals surface area contributed by atoms with E-state index in [4.69, 9.17) is 0 Å². The predicted octanol–water partition coefficient (Wildman–Crippen LogP) is 2.55. The van der Waals surface area contributed by atoms with Gasteiger partial charge in [-0.2, -0.15) is 0 Å². The van der Waals surface area contributed by atoms with Crippen LogP contribution in [0.15, 0.2) is 54.2 Å². The van der Waals surface area contributed by atoms with Crippen LogP contribution < -0.4 is 0 Å². The lowest BCUT2D eigenvalue weighted by Crippen LogP contribution is -2.36. The topological polar surface area (TPSA) is 60.9 Å². The van der Waals surface area contributed by atoms with Gasteiger partial charge in [0.1, 0.15) is 5.70 Å². The van der Waals surface area contributed by atoms with E-state index in [0.717, 1.165) is 22.3 Å². The molecule has 2 amide bonds. The molecule has 28 heavy (non-hydrogen) atoms. The van der Waals surface area contributed by atoms with Crippen LogP contribution in [0, 0.1) is 13.8 Å². The molecule has 0 spiro atoms. The molecular weight excluding hydrogens is 352 g/mol. The zero-order valence-electron chi connectivity index (χ0n) is 16.6. The highest BCUT2D eigenvalue weighted by Crippen LogP contribution is 2.33. The summed E-state index contributed by atoms with van der Waals surface area (Å²) in [5.74, 6) is -0.570. The first kappa shape index (κ1) is 19.8. The SMILES string of the molecule is Cc1ccc(C2=C(N(C)CCO)C(=O)N(CCc3ccccc3)C2=O)c(C)c1. The number of likely N-dealkylation sites (N-methyl/N-ethyl adjacent to an activating group) is 1. The van der Waals surface area contributed by atoms with Crippen LogP contribution in [-0.2, 0) is 16.0 Å². The summed E-state index contributed by atoms with van der Waals surface area (Å²) in [5, 5.41) is 9.34. The number of carbonyl (C=O) groups excluding carboxylic acids is 2. The lowest BCUT2D eigenvalue weighted by molar-refractivity contribution is -0.137. The predicted molar refractivity (Wildman–Crippen MR) is 109 cm³/mol. The van der Waals surface area contributed by atoms with E-state index in [1.165, 1.54) is 4.90 Å². The van der Waals surface area contributed by atoms with E-state index < -0.39 is 0 Å². The van der Waals surface area contributed by atoms with Crippen molar-refractivity contribution in [2.24, 2.45) is 0 Å². The summed E-state index contributed by atoms with van der Waals surface area (Å²) in [5.41, 5.74) is 4.69. The number of carbonyl (C=O) groups is 2. The summed E-state index contributed by atoms with van der Waals surface area (Å²) in [6.07, 6.45) is 0.607. The highest BCUT2D eigenvalue weighted by molar-refractivity contribution is 6.35. The van der Waals surface area contributed by atoms with Crippen molar-refractivity contribution in [1.29, 1.82) is 0 Å². The Hall–Kier alpha value is -2.92. The van der Waals surface area contributed by atoms with E-state index in [0.29, 0.717) is 24.2 Å². The number of aliphatic hydroxyl groups excluding tert-OH is 1. The van der Waals surface area contributed by atoms with Gasteiger partial charge in [-0.25, -0.2) is 0 Å². The smallest absolute Gasteiger partial charge is 0.277 e. The number of aryl methyl sites for hydroxylation is 2. The Morgan fingerprint density at radius 3 is 2.36 bits per heavy atom. The Balaban J connectivity index is 1.97. The van der Waals surface area contributed by atoms with Gasteiger partial charge in [0.15, 0.2) is 0 Å². The van der Waals surface area contributed by atoms with Gasteiger partial charge in [-0.05, 0) is 37.0 Å². The number of hydrogen-bond acceptors (Lipinski definition) is 4. The minimum absolute atomic E-state index is 0.0916. The number of aliphatic hydroxyl groups is 1. The van der Waals surface area contributed by atoms with E-state index in [-0.39, 0.29) is 25.0 Å². The Bertz CT molecular complexity index is 919. The molecule has 0 fully saturated rings. The van der Waals surface area contributed by atoms with Crippen LogP contribution in [0.4, 0.5) is 0 Å². The third-order valence-corrected chi connectivity index (χ3v) is 5.08. The third kappa shape index (κ3) is 3.85. The molecule has 1 aliphatic heterocycles. The molecule has 0 saturated heterocycles. The Labute approximate surface area is 165 Å². The van der Waals surface area contributed by atoms with Crippen molar-refractivity contribution in [3.63, 3.8) is 0 Å². The zero-order chi connectivity index (χ0) is 20.3. The van der Waals surface area contributed by atoms with Crippen molar-refractivity contribution in [2.75, 3.05) is 26.7 Å². The van der Waals surface area contributed by atoms with Crippen molar-refractivity contribution in [3.8, 4) is 0 Å². The monoisotopic (exact) mass is 378 g/mol. The first-order valence-corrected chi connectivity index (χ1v) is 9.48. The second kappa shape index (κ2) is 8.40. The lowest BCUT2D eigenvalue weighted by Gasteiger charge is -2.20. The van der Waals surface area contributed by atoms with Crippen LogP contribution in [0.1, 0.15) is 22.3 Å². The highest BCUT2D eigenvalue weighted by atomic mass is 16.3. The molecule has 2 aromatic rings. The van der Waals surface area contributed by atoms with Crippen LogP contribution in [0.25, 0.3) is 5.57 Å². The second-order valence-electron chi connectivity index (χ2n) is 7.18. The van der Waals surface area contributed by atoms with Gasteiger partial charge in [0.25, 0.3) is 11.8 Å². The maximum atomic E-state index is 13.3. The van der Waals surface area contributed by atoms with Crippen molar-refractivity contribution in [2.45, 2.75) is 20.3 Å². The number of hydrogen-bond donors (Lipinski definition) is 1.